The van der Waals surface area contributed by atoms with Crippen molar-refractivity contribution < 1.29 is 23.0 Å². The number of carbonyl (C=O) groups excluding carboxylic acids is 1. The molecule has 1 aromatic carbocycles. The van der Waals surface area contributed by atoms with Crippen molar-refractivity contribution in [2.75, 3.05) is 0 Å². The fourth-order valence-electron chi connectivity index (χ4n) is 3.58. The molecule has 158 valence electrons. The lowest BCUT2D eigenvalue weighted by atomic mass is 9.82. The van der Waals surface area contributed by atoms with Crippen LogP contribution < -0.4 is 19.6 Å². The van der Waals surface area contributed by atoms with Crippen molar-refractivity contribution in [3.8, 4) is 17.2 Å². The summed E-state index contributed by atoms with van der Waals surface area (Å²) in [5, 5.41) is 2.95. The number of halogens is 2. The number of aryl methyl sites for hydroxylation is 1. The van der Waals surface area contributed by atoms with Crippen LogP contribution >= 0.6 is 11.3 Å². The Morgan fingerprint density at radius 3 is 2.52 bits per heavy atom. The highest BCUT2D eigenvalue weighted by molar-refractivity contribution is 7.09. The number of amides is 2. The molecule has 6 nitrogen and oxygen atoms in total. The highest BCUT2D eigenvalue weighted by Crippen LogP contribution is 2.41. The summed E-state index contributed by atoms with van der Waals surface area (Å²) in [6.45, 7) is 12.1. The van der Waals surface area contributed by atoms with Crippen molar-refractivity contribution in [1.29, 1.82) is 0 Å². The first-order valence-corrected chi connectivity index (χ1v) is 10.0. The van der Waals surface area contributed by atoms with E-state index in [4.69, 9.17) is 0 Å². The second-order valence-electron chi connectivity index (χ2n) is 8.96. The highest BCUT2D eigenvalue weighted by atomic mass is 32.1. The first kappa shape index (κ1) is 21.3. The summed E-state index contributed by atoms with van der Waals surface area (Å²) in [5.74, 6) is -0.1000. The van der Waals surface area contributed by atoms with Gasteiger partial charge in [0.05, 0.1) is 5.69 Å². The smallest absolute Gasteiger partial charge is 0.395 e. The number of hydrogen-bond acceptors (Lipinski definition) is 4. The fourth-order valence-corrected chi connectivity index (χ4v) is 4.41. The Labute approximate surface area is 172 Å². The molecule has 0 radical (unpaired) electrons. The number of carbonyl (C=O) groups is 1. The number of thiazole rings is 1. The van der Waals surface area contributed by atoms with Crippen LogP contribution in [-0.4, -0.2) is 22.4 Å². The Morgan fingerprint density at radius 2 is 1.86 bits per heavy atom. The largest absolute Gasteiger partial charge is 0.586 e. The molecule has 9 heteroatoms. The summed E-state index contributed by atoms with van der Waals surface area (Å²) in [5.41, 5.74) is 0.153. The SMILES string of the molecule is Cc1cn(-c2ccc3c(c2)OC(F)(F)O3)/c(=N/C(=O)NC(C)(C)CC(C)(C)C)s1. The molecular formula is C20H25F2N3O3S. The van der Waals surface area contributed by atoms with Gasteiger partial charge in [0, 0.05) is 22.7 Å². The van der Waals surface area contributed by atoms with Crippen LogP contribution in [0, 0.1) is 12.3 Å². The minimum Gasteiger partial charge on any atom is -0.395 e. The summed E-state index contributed by atoms with van der Waals surface area (Å²) in [6, 6.07) is 3.99. The molecule has 0 bridgehead atoms. The third kappa shape index (κ3) is 5.35. The predicted molar refractivity (Wildman–Crippen MR) is 107 cm³/mol. The standard InChI is InChI=1S/C20H25F2N3O3S/c1-12-10-25(13-7-8-14-15(9-13)28-20(21,22)27-14)17(29-12)23-16(26)24-19(5,6)11-18(2,3)4/h7-10H,11H2,1-6H3,(H,24,26)/b23-17-. The van der Waals surface area contributed by atoms with Crippen LogP contribution in [0.25, 0.3) is 5.69 Å². The van der Waals surface area contributed by atoms with E-state index in [-0.39, 0.29) is 16.9 Å². The molecule has 2 aromatic rings. The molecule has 1 N–H and O–H groups in total. The van der Waals surface area contributed by atoms with Crippen LogP contribution in [0.15, 0.2) is 29.4 Å². The molecule has 3 rings (SSSR count). The molecule has 0 saturated carbocycles. The molecule has 0 atom stereocenters. The number of hydrogen-bond donors (Lipinski definition) is 1. The third-order valence-corrected chi connectivity index (χ3v) is 4.95. The lowest BCUT2D eigenvalue weighted by Crippen LogP contribution is -2.45. The number of rotatable bonds is 3. The lowest BCUT2D eigenvalue weighted by molar-refractivity contribution is -0.286. The molecule has 0 spiro atoms. The monoisotopic (exact) mass is 425 g/mol. The second-order valence-corrected chi connectivity index (χ2v) is 10.2. The maximum absolute atomic E-state index is 13.3. The van der Waals surface area contributed by atoms with Gasteiger partial charge in [0.15, 0.2) is 16.3 Å². The predicted octanol–water partition coefficient (Wildman–Crippen LogP) is 4.99. The molecule has 0 fully saturated rings. The van der Waals surface area contributed by atoms with Gasteiger partial charge in [-0.3, -0.25) is 4.57 Å². The van der Waals surface area contributed by atoms with Gasteiger partial charge < -0.3 is 14.8 Å². The summed E-state index contributed by atoms with van der Waals surface area (Å²) >= 11 is 1.32. The van der Waals surface area contributed by atoms with Crippen LogP contribution in [0.5, 0.6) is 11.5 Å². The van der Waals surface area contributed by atoms with Gasteiger partial charge >= 0.3 is 12.3 Å². The average molecular weight is 426 g/mol. The Balaban J connectivity index is 1.89. The molecule has 2 amide bonds. The number of urea groups is 1. The Hall–Kier alpha value is -2.42. The van der Waals surface area contributed by atoms with E-state index in [1.807, 2.05) is 20.8 Å². The summed E-state index contributed by atoms with van der Waals surface area (Å²) in [7, 11) is 0. The van der Waals surface area contributed by atoms with Gasteiger partial charge in [-0.25, -0.2) is 4.79 Å². The van der Waals surface area contributed by atoms with Crippen LogP contribution in [0.2, 0.25) is 0 Å². The molecule has 1 aliphatic heterocycles. The molecule has 1 aromatic heterocycles. The van der Waals surface area contributed by atoms with Crippen molar-refractivity contribution >= 4 is 17.4 Å². The summed E-state index contributed by atoms with van der Waals surface area (Å²) in [6.07, 6.45) is -1.12. The zero-order chi connectivity index (χ0) is 21.6. The van der Waals surface area contributed by atoms with E-state index in [0.717, 1.165) is 11.3 Å². The number of ether oxygens (including phenoxy) is 2. The van der Waals surface area contributed by atoms with E-state index in [1.165, 1.54) is 23.5 Å². The van der Waals surface area contributed by atoms with E-state index in [2.05, 4.69) is 40.6 Å². The van der Waals surface area contributed by atoms with Gasteiger partial charge in [0.2, 0.25) is 0 Å². The number of fused-ring (bicyclic) bond motifs is 1. The fraction of sp³-hybridized carbons (Fsp3) is 0.500. The van der Waals surface area contributed by atoms with E-state index in [9.17, 15) is 13.6 Å². The van der Waals surface area contributed by atoms with Gasteiger partial charge in [-0.2, -0.15) is 4.99 Å². The van der Waals surface area contributed by atoms with Gasteiger partial charge in [0.25, 0.3) is 0 Å². The molecular weight excluding hydrogens is 400 g/mol. The minimum absolute atomic E-state index is 0.0357. The van der Waals surface area contributed by atoms with E-state index in [0.29, 0.717) is 10.5 Å². The first-order chi connectivity index (χ1) is 13.2. The molecule has 0 aliphatic carbocycles. The molecule has 0 unspecified atom stereocenters. The third-order valence-electron chi connectivity index (χ3n) is 4.05. The normalized spacial score (nSPS) is 16.2. The van der Waals surface area contributed by atoms with Crippen molar-refractivity contribution in [2.45, 2.75) is 59.8 Å². The minimum atomic E-state index is -3.68. The number of nitrogens with zero attached hydrogens (tertiary/aromatic N) is 2. The first-order valence-electron chi connectivity index (χ1n) is 9.19. The van der Waals surface area contributed by atoms with Crippen LogP contribution in [-0.2, 0) is 0 Å². The van der Waals surface area contributed by atoms with Crippen LogP contribution in [0.3, 0.4) is 0 Å². The molecule has 0 saturated heterocycles. The molecule has 2 heterocycles. The van der Waals surface area contributed by atoms with Crippen molar-refractivity contribution in [3.05, 3.63) is 34.1 Å². The zero-order valence-electron chi connectivity index (χ0n) is 17.3. The Kier molecular flexibility index (Phi) is 5.23. The maximum Gasteiger partial charge on any atom is 0.586 e. The topological polar surface area (TPSA) is 64.8 Å². The van der Waals surface area contributed by atoms with Gasteiger partial charge in [-0.15, -0.1) is 20.1 Å². The van der Waals surface area contributed by atoms with Crippen LogP contribution in [0.1, 0.15) is 45.9 Å². The lowest BCUT2D eigenvalue weighted by Gasteiger charge is -2.32. The zero-order valence-corrected chi connectivity index (χ0v) is 18.1. The van der Waals surface area contributed by atoms with Gasteiger partial charge in [-0.1, -0.05) is 20.8 Å². The van der Waals surface area contributed by atoms with Gasteiger partial charge in [0.1, 0.15) is 0 Å². The second kappa shape index (κ2) is 7.12. The quantitative estimate of drug-likeness (QED) is 0.753. The van der Waals surface area contributed by atoms with Crippen LogP contribution in [0.4, 0.5) is 13.6 Å². The number of aromatic nitrogens is 1. The van der Waals surface area contributed by atoms with E-state index < -0.39 is 17.9 Å². The Morgan fingerprint density at radius 1 is 1.21 bits per heavy atom. The van der Waals surface area contributed by atoms with Crippen molar-refractivity contribution in [1.82, 2.24) is 9.88 Å². The average Bonchev–Trinajstić information content (AvgIpc) is 3.00. The van der Waals surface area contributed by atoms with Gasteiger partial charge in [-0.05, 0) is 44.7 Å². The van der Waals surface area contributed by atoms with E-state index >= 15 is 0 Å². The van der Waals surface area contributed by atoms with Crippen molar-refractivity contribution in [2.24, 2.45) is 10.4 Å². The summed E-state index contributed by atoms with van der Waals surface area (Å²) < 4.78 is 37.2. The van der Waals surface area contributed by atoms with Crippen molar-refractivity contribution in [3.63, 3.8) is 0 Å². The molecule has 1 aliphatic rings. The maximum atomic E-state index is 13.3. The number of alkyl halides is 2. The number of benzene rings is 1. The number of nitrogens with one attached hydrogen (secondary N) is 1. The molecule has 29 heavy (non-hydrogen) atoms. The Bertz CT molecular complexity index is 1000. The summed E-state index contributed by atoms with van der Waals surface area (Å²) in [4.78, 5) is 18.1. The highest BCUT2D eigenvalue weighted by Gasteiger charge is 2.43. The van der Waals surface area contributed by atoms with E-state index in [1.54, 1.807) is 16.8 Å².